The molecule has 2 aliphatic rings. The Morgan fingerprint density at radius 2 is 1.83 bits per heavy atom. The van der Waals surface area contributed by atoms with E-state index in [2.05, 4.69) is 15.3 Å². The summed E-state index contributed by atoms with van der Waals surface area (Å²) < 4.78 is 6.08. The highest BCUT2D eigenvalue weighted by Gasteiger charge is 2.29. The van der Waals surface area contributed by atoms with E-state index in [1.807, 2.05) is 14.0 Å². The molecule has 2 aliphatic carbocycles. The summed E-state index contributed by atoms with van der Waals surface area (Å²) in [5, 5.41) is 3.15. The maximum Gasteiger partial charge on any atom is 0.222 e. The summed E-state index contributed by atoms with van der Waals surface area (Å²) in [5.74, 6) is 3.23. The molecule has 0 atom stereocenters. The molecule has 18 heavy (non-hydrogen) atoms. The summed E-state index contributed by atoms with van der Waals surface area (Å²) in [4.78, 5) is 9.22. The number of hydrogen-bond acceptors (Lipinski definition) is 4. The molecule has 0 amide bonds. The van der Waals surface area contributed by atoms with Gasteiger partial charge in [0.25, 0.3) is 0 Å². The number of aromatic nitrogens is 2. The summed E-state index contributed by atoms with van der Waals surface area (Å²) in [6.07, 6.45) is 7.68. The van der Waals surface area contributed by atoms with Gasteiger partial charge < -0.3 is 10.1 Å². The highest BCUT2D eigenvalue weighted by atomic mass is 16.5. The zero-order chi connectivity index (χ0) is 12.5. The fourth-order valence-corrected chi connectivity index (χ4v) is 2.56. The molecule has 0 bridgehead atoms. The summed E-state index contributed by atoms with van der Waals surface area (Å²) in [5.41, 5.74) is 1.04. The van der Waals surface area contributed by atoms with Crippen molar-refractivity contribution in [3.05, 3.63) is 11.4 Å². The van der Waals surface area contributed by atoms with Gasteiger partial charge in [0.2, 0.25) is 5.88 Å². The first-order valence-corrected chi connectivity index (χ1v) is 7.01. The fraction of sp³-hybridized carbons (Fsp3) is 0.714. The SMILES string of the molecule is CNc1nc(C2CC2)nc(OC2CCCC2)c1C. The number of rotatable bonds is 4. The van der Waals surface area contributed by atoms with Crippen molar-refractivity contribution in [2.24, 2.45) is 0 Å². The lowest BCUT2D eigenvalue weighted by Gasteiger charge is -2.16. The van der Waals surface area contributed by atoms with E-state index >= 15 is 0 Å². The maximum absolute atomic E-state index is 6.08. The number of nitrogens with zero attached hydrogens (tertiary/aromatic N) is 2. The molecule has 2 fully saturated rings. The summed E-state index contributed by atoms with van der Waals surface area (Å²) in [7, 11) is 1.91. The standard InChI is InChI=1S/C14H21N3O/c1-9-12(15-2)16-13(10-7-8-10)17-14(9)18-11-5-3-4-6-11/h10-11H,3-8H2,1-2H3,(H,15,16,17). The van der Waals surface area contributed by atoms with Gasteiger partial charge >= 0.3 is 0 Å². The van der Waals surface area contributed by atoms with Gasteiger partial charge in [0, 0.05) is 13.0 Å². The van der Waals surface area contributed by atoms with Gasteiger partial charge in [0.1, 0.15) is 17.7 Å². The molecule has 3 rings (SSSR count). The highest BCUT2D eigenvalue weighted by Crippen LogP contribution is 2.40. The minimum absolute atomic E-state index is 0.357. The van der Waals surface area contributed by atoms with Gasteiger partial charge in [0.15, 0.2) is 0 Å². The molecule has 1 heterocycles. The Hall–Kier alpha value is -1.32. The van der Waals surface area contributed by atoms with Crippen LogP contribution in [0.5, 0.6) is 5.88 Å². The smallest absolute Gasteiger partial charge is 0.222 e. The van der Waals surface area contributed by atoms with Crippen LogP contribution in [0.2, 0.25) is 0 Å². The van der Waals surface area contributed by atoms with Crippen molar-refractivity contribution in [1.82, 2.24) is 9.97 Å². The number of hydrogen-bond donors (Lipinski definition) is 1. The lowest BCUT2D eigenvalue weighted by atomic mass is 10.2. The quantitative estimate of drug-likeness (QED) is 0.888. The summed E-state index contributed by atoms with van der Waals surface area (Å²) >= 11 is 0. The van der Waals surface area contributed by atoms with Crippen LogP contribution < -0.4 is 10.1 Å². The Kier molecular flexibility index (Phi) is 3.10. The normalized spacial score (nSPS) is 20.1. The maximum atomic E-state index is 6.08. The van der Waals surface area contributed by atoms with E-state index in [1.165, 1.54) is 25.7 Å². The molecule has 1 N–H and O–H groups in total. The van der Waals surface area contributed by atoms with Gasteiger partial charge in [-0.25, -0.2) is 4.98 Å². The van der Waals surface area contributed by atoms with Crippen LogP contribution in [0.1, 0.15) is 55.8 Å². The van der Waals surface area contributed by atoms with Crippen LogP contribution in [-0.4, -0.2) is 23.1 Å². The molecular weight excluding hydrogens is 226 g/mol. The van der Waals surface area contributed by atoms with Crippen molar-refractivity contribution < 1.29 is 4.74 Å². The molecule has 1 aromatic rings. The first-order valence-electron chi connectivity index (χ1n) is 7.01. The molecule has 4 nitrogen and oxygen atoms in total. The number of ether oxygens (including phenoxy) is 1. The van der Waals surface area contributed by atoms with Crippen LogP contribution in [-0.2, 0) is 0 Å². The minimum atomic E-state index is 0.357. The number of anilines is 1. The molecule has 0 radical (unpaired) electrons. The molecule has 2 saturated carbocycles. The molecule has 0 aliphatic heterocycles. The number of nitrogens with one attached hydrogen (secondary N) is 1. The molecule has 0 spiro atoms. The van der Waals surface area contributed by atoms with Crippen molar-refractivity contribution >= 4 is 5.82 Å². The van der Waals surface area contributed by atoms with Crippen molar-refractivity contribution in [2.45, 2.75) is 57.5 Å². The van der Waals surface area contributed by atoms with Crippen molar-refractivity contribution in [2.75, 3.05) is 12.4 Å². The van der Waals surface area contributed by atoms with Crippen LogP contribution in [0.15, 0.2) is 0 Å². The summed E-state index contributed by atoms with van der Waals surface area (Å²) in [6, 6.07) is 0. The molecular formula is C14H21N3O. The lowest BCUT2D eigenvalue weighted by Crippen LogP contribution is -2.15. The van der Waals surface area contributed by atoms with Crippen LogP contribution in [0.3, 0.4) is 0 Å². The Morgan fingerprint density at radius 3 is 2.44 bits per heavy atom. The summed E-state index contributed by atoms with van der Waals surface area (Å²) in [6.45, 7) is 2.03. The van der Waals surface area contributed by atoms with Gasteiger partial charge in [0.05, 0.1) is 5.56 Å². The van der Waals surface area contributed by atoms with E-state index in [4.69, 9.17) is 4.74 Å². The third-order valence-corrected chi connectivity index (χ3v) is 3.88. The third-order valence-electron chi connectivity index (χ3n) is 3.88. The van der Waals surface area contributed by atoms with E-state index < -0.39 is 0 Å². The van der Waals surface area contributed by atoms with Gasteiger partial charge in [-0.3, -0.25) is 0 Å². The lowest BCUT2D eigenvalue weighted by molar-refractivity contribution is 0.199. The Balaban J connectivity index is 1.87. The Morgan fingerprint density at radius 1 is 1.11 bits per heavy atom. The molecule has 1 aromatic heterocycles. The predicted octanol–water partition coefficient (Wildman–Crippen LogP) is 3.03. The second-order valence-electron chi connectivity index (χ2n) is 5.41. The van der Waals surface area contributed by atoms with Crippen LogP contribution in [0.25, 0.3) is 0 Å². The zero-order valence-corrected chi connectivity index (χ0v) is 11.2. The average Bonchev–Trinajstić information content (AvgIpc) is 3.11. The topological polar surface area (TPSA) is 47.0 Å². The van der Waals surface area contributed by atoms with E-state index in [-0.39, 0.29) is 0 Å². The third kappa shape index (κ3) is 2.28. The van der Waals surface area contributed by atoms with E-state index in [0.29, 0.717) is 12.0 Å². The predicted molar refractivity (Wildman–Crippen MR) is 71.2 cm³/mol. The van der Waals surface area contributed by atoms with Gasteiger partial charge in [-0.05, 0) is 45.4 Å². The first-order chi connectivity index (χ1) is 8.78. The van der Waals surface area contributed by atoms with Crippen molar-refractivity contribution in [3.8, 4) is 5.88 Å². The van der Waals surface area contributed by atoms with Crippen LogP contribution >= 0.6 is 0 Å². The molecule has 4 heteroatoms. The Bertz CT molecular complexity index is 437. The molecule has 0 unspecified atom stereocenters. The fourth-order valence-electron chi connectivity index (χ4n) is 2.56. The van der Waals surface area contributed by atoms with E-state index in [1.54, 1.807) is 0 Å². The average molecular weight is 247 g/mol. The van der Waals surface area contributed by atoms with E-state index in [9.17, 15) is 0 Å². The highest BCUT2D eigenvalue weighted by molar-refractivity contribution is 5.48. The second-order valence-corrected chi connectivity index (χ2v) is 5.41. The zero-order valence-electron chi connectivity index (χ0n) is 11.2. The monoisotopic (exact) mass is 247 g/mol. The molecule has 0 saturated heterocycles. The van der Waals surface area contributed by atoms with Gasteiger partial charge in [-0.2, -0.15) is 4.98 Å². The van der Waals surface area contributed by atoms with Crippen molar-refractivity contribution in [1.29, 1.82) is 0 Å². The largest absolute Gasteiger partial charge is 0.474 e. The van der Waals surface area contributed by atoms with Crippen LogP contribution in [0, 0.1) is 6.92 Å². The van der Waals surface area contributed by atoms with Crippen LogP contribution in [0.4, 0.5) is 5.82 Å². The second kappa shape index (κ2) is 4.75. The van der Waals surface area contributed by atoms with Crippen molar-refractivity contribution in [3.63, 3.8) is 0 Å². The molecule has 98 valence electrons. The first kappa shape index (κ1) is 11.8. The molecule has 0 aromatic carbocycles. The van der Waals surface area contributed by atoms with E-state index in [0.717, 1.165) is 35.9 Å². The van der Waals surface area contributed by atoms with Gasteiger partial charge in [-0.1, -0.05) is 0 Å². The van der Waals surface area contributed by atoms with Gasteiger partial charge in [-0.15, -0.1) is 0 Å². The minimum Gasteiger partial charge on any atom is -0.474 e. The Labute approximate surface area is 108 Å².